The molecule has 1 aliphatic rings. The second kappa shape index (κ2) is 7.21. The third kappa shape index (κ3) is 4.05. The fourth-order valence-corrected chi connectivity index (χ4v) is 2.51. The molecule has 0 aliphatic carbocycles. The van der Waals surface area contributed by atoms with E-state index in [0.29, 0.717) is 5.69 Å². The minimum atomic E-state index is -0.398. The molecule has 0 radical (unpaired) electrons. The lowest BCUT2D eigenvalue weighted by atomic mass is 10.2. The molecule has 0 unspecified atom stereocenters. The van der Waals surface area contributed by atoms with Crippen LogP contribution in [0, 0.1) is 10.1 Å². The van der Waals surface area contributed by atoms with E-state index < -0.39 is 4.92 Å². The largest absolute Gasteiger partial charge is 0.379 e. The van der Waals surface area contributed by atoms with Gasteiger partial charge in [0.05, 0.1) is 36.6 Å². The number of nitrogens with one attached hydrogen (secondary N) is 1. The van der Waals surface area contributed by atoms with Gasteiger partial charge in [0, 0.05) is 31.9 Å². The molecule has 2 heterocycles. The SMILES string of the molecule is O=[N+]([O-])c1ccccc1Nc1cnn(CCN2CCOCC2)c1. The lowest BCUT2D eigenvalue weighted by molar-refractivity contribution is -0.383. The predicted molar refractivity (Wildman–Crippen MR) is 85.9 cm³/mol. The molecule has 2 aromatic rings. The van der Waals surface area contributed by atoms with E-state index in [4.69, 9.17) is 4.74 Å². The highest BCUT2D eigenvalue weighted by Gasteiger charge is 2.13. The molecule has 0 spiro atoms. The molecule has 1 fully saturated rings. The van der Waals surface area contributed by atoms with E-state index in [0.717, 1.165) is 45.1 Å². The Morgan fingerprint density at radius 3 is 2.83 bits per heavy atom. The molecule has 8 heteroatoms. The van der Waals surface area contributed by atoms with Crippen molar-refractivity contribution in [2.75, 3.05) is 38.2 Å². The summed E-state index contributed by atoms with van der Waals surface area (Å²) in [5.74, 6) is 0. The van der Waals surface area contributed by atoms with Crippen molar-refractivity contribution in [3.05, 3.63) is 46.8 Å². The Morgan fingerprint density at radius 1 is 1.26 bits per heavy atom. The van der Waals surface area contributed by atoms with Crippen LogP contribution in [0.5, 0.6) is 0 Å². The van der Waals surface area contributed by atoms with Crippen LogP contribution in [0.4, 0.5) is 17.1 Å². The van der Waals surface area contributed by atoms with Gasteiger partial charge < -0.3 is 10.1 Å². The summed E-state index contributed by atoms with van der Waals surface area (Å²) in [5, 5.41) is 18.4. The number of ether oxygens (including phenoxy) is 1. The summed E-state index contributed by atoms with van der Waals surface area (Å²) in [4.78, 5) is 13.0. The van der Waals surface area contributed by atoms with Crippen LogP contribution in [0.2, 0.25) is 0 Å². The standard InChI is InChI=1S/C15H19N5O3/c21-20(22)15-4-2-1-3-14(15)17-13-11-16-19(12-13)6-5-18-7-9-23-10-8-18/h1-4,11-12,17H,5-10H2. The smallest absolute Gasteiger partial charge is 0.292 e. The maximum atomic E-state index is 11.0. The number of rotatable bonds is 6. The summed E-state index contributed by atoms with van der Waals surface area (Å²) in [6.07, 6.45) is 3.53. The summed E-state index contributed by atoms with van der Waals surface area (Å²) in [5.41, 5.74) is 1.25. The van der Waals surface area contributed by atoms with Crippen molar-refractivity contribution >= 4 is 17.1 Å². The van der Waals surface area contributed by atoms with E-state index in [1.807, 2.05) is 10.9 Å². The van der Waals surface area contributed by atoms with E-state index in [9.17, 15) is 10.1 Å². The van der Waals surface area contributed by atoms with Crippen LogP contribution in [-0.4, -0.2) is 52.5 Å². The summed E-state index contributed by atoms with van der Waals surface area (Å²) < 4.78 is 7.16. The number of para-hydroxylation sites is 2. The van der Waals surface area contributed by atoms with Crippen LogP contribution in [-0.2, 0) is 11.3 Å². The number of benzene rings is 1. The summed E-state index contributed by atoms with van der Waals surface area (Å²) in [7, 11) is 0. The number of nitro groups is 1. The number of aromatic nitrogens is 2. The molecular formula is C15H19N5O3. The lowest BCUT2D eigenvalue weighted by Gasteiger charge is -2.26. The molecule has 0 saturated carbocycles. The first kappa shape index (κ1) is 15.4. The van der Waals surface area contributed by atoms with Crippen molar-refractivity contribution in [1.29, 1.82) is 0 Å². The lowest BCUT2D eigenvalue weighted by Crippen LogP contribution is -2.38. The summed E-state index contributed by atoms with van der Waals surface area (Å²) in [6, 6.07) is 6.57. The normalized spacial score (nSPS) is 15.5. The highest BCUT2D eigenvalue weighted by molar-refractivity contribution is 5.68. The van der Waals surface area contributed by atoms with Crippen molar-refractivity contribution in [2.45, 2.75) is 6.54 Å². The third-order valence-electron chi connectivity index (χ3n) is 3.76. The van der Waals surface area contributed by atoms with Gasteiger partial charge in [0.2, 0.25) is 0 Å². The van der Waals surface area contributed by atoms with Crippen molar-refractivity contribution in [3.63, 3.8) is 0 Å². The van der Waals surface area contributed by atoms with Crippen LogP contribution in [0.1, 0.15) is 0 Å². The van der Waals surface area contributed by atoms with Gasteiger partial charge in [-0.15, -0.1) is 0 Å². The second-order valence-corrected chi connectivity index (χ2v) is 5.35. The zero-order valence-electron chi connectivity index (χ0n) is 12.7. The molecule has 3 rings (SSSR count). The van der Waals surface area contributed by atoms with Crippen LogP contribution >= 0.6 is 0 Å². The van der Waals surface area contributed by atoms with Gasteiger partial charge in [0.1, 0.15) is 5.69 Å². The summed E-state index contributed by atoms with van der Waals surface area (Å²) >= 11 is 0. The van der Waals surface area contributed by atoms with Gasteiger partial charge in [-0.25, -0.2) is 0 Å². The van der Waals surface area contributed by atoms with Gasteiger partial charge in [-0.3, -0.25) is 19.7 Å². The van der Waals surface area contributed by atoms with E-state index in [1.165, 1.54) is 6.07 Å². The zero-order valence-corrected chi connectivity index (χ0v) is 12.7. The predicted octanol–water partition coefficient (Wildman–Crippen LogP) is 1.87. The van der Waals surface area contributed by atoms with Crippen molar-refractivity contribution in [2.24, 2.45) is 0 Å². The molecule has 1 aromatic heterocycles. The molecule has 1 aromatic carbocycles. The maximum absolute atomic E-state index is 11.0. The number of nitrogens with zero attached hydrogens (tertiary/aromatic N) is 4. The van der Waals surface area contributed by atoms with Crippen LogP contribution in [0.3, 0.4) is 0 Å². The molecule has 0 amide bonds. The highest BCUT2D eigenvalue weighted by Crippen LogP contribution is 2.26. The zero-order chi connectivity index (χ0) is 16.1. The number of hydrogen-bond acceptors (Lipinski definition) is 6. The quantitative estimate of drug-likeness (QED) is 0.646. The molecule has 1 aliphatic heterocycles. The van der Waals surface area contributed by atoms with E-state index in [-0.39, 0.29) is 5.69 Å². The van der Waals surface area contributed by atoms with Gasteiger partial charge in [-0.2, -0.15) is 5.10 Å². The maximum Gasteiger partial charge on any atom is 0.292 e. The van der Waals surface area contributed by atoms with Crippen molar-refractivity contribution in [1.82, 2.24) is 14.7 Å². The molecule has 8 nitrogen and oxygen atoms in total. The molecule has 1 N–H and O–H groups in total. The van der Waals surface area contributed by atoms with Gasteiger partial charge in [-0.1, -0.05) is 12.1 Å². The molecule has 0 bridgehead atoms. The molecule has 23 heavy (non-hydrogen) atoms. The monoisotopic (exact) mass is 317 g/mol. The fourth-order valence-electron chi connectivity index (χ4n) is 2.51. The molecule has 1 saturated heterocycles. The van der Waals surface area contributed by atoms with E-state index >= 15 is 0 Å². The Kier molecular flexibility index (Phi) is 4.84. The Morgan fingerprint density at radius 2 is 2.04 bits per heavy atom. The van der Waals surface area contributed by atoms with Gasteiger partial charge in [0.15, 0.2) is 0 Å². The number of anilines is 2. The van der Waals surface area contributed by atoms with Crippen molar-refractivity contribution < 1.29 is 9.66 Å². The van der Waals surface area contributed by atoms with Gasteiger partial charge in [0.25, 0.3) is 5.69 Å². The summed E-state index contributed by atoms with van der Waals surface area (Å²) in [6.45, 7) is 5.15. The highest BCUT2D eigenvalue weighted by atomic mass is 16.6. The van der Waals surface area contributed by atoms with Crippen molar-refractivity contribution in [3.8, 4) is 0 Å². The van der Waals surface area contributed by atoms with Gasteiger partial charge >= 0.3 is 0 Å². The van der Waals surface area contributed by atoms with Gasteiger partial charge in [-0.05, 0) is 6.07 Å². The first-order valence-corrected chi connectivity index (χ1v) is 7.55. The Hall–Kier alpha value is -2.45. The second-order valence-electron chi connectivity index (χ2n) is 5.35. The minimum absolute atomic E-state index is 0.0496. The Bertz CT molecular complexity index is 667. The van der Waals surface area contributed by atoms with Crippen LogP contribution in [0.25, 0.3) is 0 Å². The minimum Gasteiger partial charge on any atom is -0.379 e. The third-order valence-corrected chi connectivity index (χ3v) is 3.76. The topological polar surface area (TPSA) is 85.5 Å². The fraction of sp³-hybridized carbons (Fsp3) is 0.400. The first-order chi connectivity index (χ1) is 11.2. The average molecular weight is 317 g/mol. The van der Waals surface area contributed by atoms with E-state index in [2.05, 4.69) is 15.3 Å². The van der Waals surface area contributed by atoms with Crippen LogP contribution < -0.4 is 5.32 Å². The Labute approximate surface area is 133 Å². The molecule has 122 valence electrons. The molecule has 0 atom stereocenters. The number of hydrogen-bond donors (Lipinski definition) is 1. The molecular weight excluding hydrogens is 298 g/mol. The first-order valence-electron chi connectivity index (χ1n) is 7.55. The Balaban J connectivity index is 1.60. The number of nitro benzene ring substituents is 1. The average Bonchev–Trinajstić information content (AvgIpc) is 3.02. The van der Waals surface area contributed by atoms with Crippen LogP contribution in [0.15, 0.2) is 36.7 Å². The number of morpholine rings is 1. The van der Waals surface area contributed by atoms with E-state index in [1.54, 1.807) is 24.4 Å².